The smallest absolute Gasteiger partial charge is 0.101 e. The number of hydrogen-bond acceptors (Lipinski definition) is 3. The van der Waals surface area contributed by atoms with E-state index in [9.17, 15) is 5.11 Å². The van der Waals surface area contributed by atoms with E-state index in [-0.39, 0.29) is 6.04 Å². The summed E-state index contributed by atoms with van der Waals surface area (Å²) < 4.78 is 0. The normalized spacial score (nSPS) is 38.9. The van der Waals surface area contributed by atoms with Gasteiger partial charge in [0, 0.05) is 19.1 Å². The van der Waals surface area contributed by atoms with Crippen LogP contribution in [0, 0.1) is 0 Å². The number of benzene rings is 1. The monoisotopic (exact) mass is 244 g/mol. The highest BCUT2D eigenvalue weighted by Gasteiger charge is 2.54. The maximum Gasteiger partial charge on any atom is 0.101 e. The van der Waals surface area contributed by atoms with Crippen molar-refractivity contribution in [3.05, 3.63) is 35.4 Å². The summed E-state index contributed by atoms with van der Waals surface area (Å²) in [7, 11) is 0. The zero-order valence-corrected chi connectivity index (χ0v) is 10.6. The zero-order chi connectivity index (χ0) is 12.2. The van der Waals surface area contributed by atoms with Crippen LogP contribution < -0.4 is 5.32 Å². The van der Waals surface area contributed by atoms with Gasteiger partial charge in [0.1, 0.15) is 5.60 Å². The lowest BCUT2D eigenvalue weighted by Gasteiger charge is -2.36. The van der Waals surface area contributed by atoms with E-state index in [1.54, 1.807) is 0 Å². The van der Waals surface area contributed by atoms with Gasteiger partial charge < -0.3 is 10.4 Å². The maximum atomic E-state index is 11.2. The predicted molar refractivity (Wildman–Crippen MR) is 70.2 cm³/mol. The molecule has 0 aromatic heterocycles. The van der Waals surface area contributed by atoms with Crippen molar-refractivity contribution in [1.29, 1.82) is 0 Å². The minimum absolute atomic E-state index is 0.127. The molecule has 0 amide bonds. The van der Waals surface area contributed by atoms with Crippen LogP contribution in [-0.4, -0.2) is 34.7 Å². The molecule has 3 atom stereocenters. The Hall–Kier alpha value is -0.900. The summed E-state index contributed by atoms with van der Waals surface area (Å²) in [6, 6.07) is 9.01. The average Bonchev–Trinajstić information content (AvgIpc) is 3.07. The first-order chi connectivity index (χ1) is 8.79. The summed E-state index contributed by atoms with van der Waals surface area (Å²) in [6.45, 7) is 3.12. The quantitative estimate of drug-likeness (QED) is 0.784. The number of rotatable bonds is 1. The van der Waals surface area contributed by atoms with Gasteiger partial charge in [-0.3, -0.25) is 4.90 Å². The Kier molecular flexibility index (Phi) is 2.31. The molecule has 0 saturated carbocycles. The molecule has 2 fully saturated rings. The van der Waals surface area contributed by atoms with Gasteiger partial charge in [-0.15, -0.1) is 0 Å². The van der Waals surface area contributed by atoms with E-state index in [0.29, 0.717) is 6.04 Å². The zero-order valence-electron chi connectivity index (χ0n) is 10.6. The summed E-state index contributed by atoms with van der Waals surface area (Å²) in [5.74, 6) is 0. The third-order valence-electron chi connectivity index (χ3n) is 5.10. The molecule has 0 bridgehead atoms. The lowest BCUT2D eigenvalue weighted by molar-refractivity contribution is -0.0194. The standard InChI is InChI=1S/C15H20N2O/c18-15(7-9-17-8-3-6-13(15)17)14-12-5-2-1-4-11(12)10-16-14/h1-2,4-5,13-14,16,18H,3,6-10H2. The summed E-state index contributed by atoms with van der Waals surface area (Å²) in [5.41, 5.74) is 2.10. The van der Waals surface area contributed by atoms with Gasteiger partial charge in [0.2, 0.25) is 0 Å². The molecule has 96 valence electrons. The number of aliphatic hydroxyl groups is 1. The van der Waals surface area contributed by atoms with Crippen molar-refractivity contribution < 1.29 is 5.11 Å². The van der Waals surface area contributed by atoms with E-state index in [2.05, 4.69) is 34.5 Å². The fourth-order valence-electron chi connectivity index (χ4n) is 4.23. The van der Waals surface area contributed by atoms with Crippen LogP contribution in [0.15, 0.2) is 24.3 Å². The van der Waals surface area contributed by atoms with Gasteiger partial charge in [-0.2, -0.15) is 0 Å². The Morgan fingerprint density at radius 1 is 1.28 bits per heavy atom. The molecule has 4 rings (SSSR count). The summed E-state index contributed by atoms with van der Waals surface area (Å²) >= 11 is 0. The van der Waals surface area contributed by atoms with Gasteiger partial charge in [0.15, 0.2) is 0 Å². The van der Waals surface area contributed by atoms with E-state index < -0.39 is 5.60 Å². The van der Waals surface area contributed by atoms with Crippen molar-refractivity contribution in [2.75, 3.05) is 13.1 Å². The predicted octanol–water partition coefficient (Wildman–Crippen LogP) is 1.43. The second-order valence-corrected chi connectivity index (χ2v) is 5.95. The minimum atomic E-state index is -0.566. The van der Waals surface area contributed by atoms with E-state index in [1.807, 2.05) is 0 Å². The molecule has 18 heavy (non-hydrogen) atoms. The van der Waals surface area contributed by atoms with Crippen LogP contribution in [0.2, 0.25) is 0 Å². The molecule has 0 aliphatic carbocycles. The largest absolute Gasteiger partial charge is 0.386 e. The molecule has 0 radical (unpaired) electrons. The second kappa shape index (κ2) is 3.80. The van der Waals surface area contributed by atoms with Crippen molar-refractivity contribution in [2.24, 2.45) is 0 Å². The van der Waals surface area contributed by atoms with Gasteiger partial charge in [-0.05, 0) is 36.9 Å². The summed E-state index contributed by atoms with van der Waals surface area (Å²) in [5, 5.41) is 14.7. The van der Waals surface area contributed by atoms with E-state index >= 15 is 0 Å². The highest BCUT2D eigenvalue weighted by Crippen LogP contribution is 2.45. The Morgan fingerprint density at radius 2 is 2.17 bits per heavy atom. The fraction of sp³-hybridized carbons (Fsp3) is 0.600. The van der Waals surface area contributed by atoms with Crippen LogP contribution >= 0.6 is 0 Å². The SMILES string of the molecule is OC1(C2NCc3ccccc32)CCN2CCCC21. The average molecular weight is 244 g/mol. The molecule has 3 unspecified atom stereocenters. The second-order valence-electron chi connectivity index (χ2n) is 5.95. The molecule has 3 aliphatic heterocycles. The Bertz CT molecular complexity index is 475. The van der Waals surface area contributed by atoms with Crippen molar-refractivity contribution in [1.82, 2.24) is 10.2 Å². The first kappa shape index (κ1) is 11.0. The molecule has 1 aromatic rings. The third kappa shape index (κ3) is 1.35. The molecule has 2 saturated heterocycles. The van der Waals surface area contributed by atoms with Crippen molar-refractivity contribution >= 4 is 0 Å². The molecule has 3 nitrogen and oxygen atoms in total. The Morgan fingerprint density at radius 3 is 3.11 bits per heavy atom. The van der Waals surface area contributed by atoms with E-state index in [0.717, 1.165) is 25.9 Å². The first-order valence-corrected chi connectivity index (χ1v) is 7.07. The van der Waals surface area contributed by atoms with Crippen LogP contribution in [0.1, 0.15) is 36.4 Å². The first-order valence-electron chi connectivity index (χ1n) is 7.07. The van der Waals surface area contributed by atoms with Gasteiger partial charge >= 0.3 is 0 Å². The molecule has 3 heterocycles. The maximum absolute atomic E-state index is 11.2. The van der Waals surface area contributed by atoms with Crippen LogP contribution in [0.5, 0.6) is 0 Å². The van der Waals surface area contributed by atoms with Gasteiger partial charge in [-0.25, -0.2) is 0 Å². The van der Waals surface area contributed by atoms with Gasteiger partial charge in [-0.1, -0.05) is 24.3 Å². The topological polar surface area (TPSA) is 35.5 Å². The lowest BCUT2D eigenvalue weighted by atomic mass is 9.82. The molecule has 0 spiro atoms. The minimum Gasteiger partial charge on any atom is -0.386 e. The number of hydrogen-bond donors (Lipinski definition) is 2. The number of nitrogens with zero attached hydrogens (tertiary/aromatic N) is 1. The third-order valence-corrected chi connectivity index (χ3v) is 5.10. The summed E-state index contributed by atoms with van der Waals surface area (Å²) in [4.78, 5) is 2.47. The molecule has 2 N–H and O–H groups in total. The van der Waals surface area contributed by atoms with Crippen molar-refractivity contribution in [3.63, 3.8) is 0 Å². The molecular weight excluding hydrogens is 224 g/mol. The lowest BCUT2D eigenvalue weighted by Crippen LogP contribution is -2.49. The van der Waals surface area contributed by atoms with Gasteiger partial charge in [0.05, 0.1) is 6.04 Å². The van der Waals surface area contributed by atoms with Crippen LogP contribution in [0.4, 0.5) is 0 Å². The van der Waals surface area contributed by atoms with Crippen LogP contribution in [-0.2, 0) is 6.54 Å². The molecule has 1 aromatic carbocycles. The molecule has 3 aliphatic rings. The Balaban J connectivity index is 1.72. The van der Waals surface area contributed by atoms with Crippen LogP contribution in [0.3, 0.4) is 0 Å². The Labute approximate surface area is 108 Å². The summed E-state index contributed by atoms with van der Waals surface area (Å²) in [6.07, 6.45) is 3.29. The highest BCUT2D eigenvalue weighted by molar-refractivity contribution is 5.37. The van der Waals surface area contributed by atoms with E-state index in [1.165, 1.54) is 24.1 Å². The van der Waals surface area contributed by atoms with Crippen molar-refractivity contribution in [2.45, 2.75) is 43.5 Å². The van der Waals surface area contributed by atoms with Gasteiger partial charge in [0.25, 0.3) is 0 Å². The van der Waals surface area contributed by atoms with E-state index in [4.69, 9.17) is 0 Å². The highest BCUT2D eigenvalue weighted by atomic mass is 16.3. The fourth-order valence-corrected chi connectivity index (χ4v) is 4.23. The number of fused-ring (bicyclic) bond motifs is 2. The number of nitrogens with one attached hydrogen (secondary N) is 1. The molecular formula is C15H20N2O. The van der Waals surface area contributed by atoms with Crippen molar-refractivity contribution in [3.8, 4) is 0 Å². The van der Waals surface area contributed by atoms with Crippen LogP contribution in [0.25, 0.3) is 0 Å². The molecule has 3 heteroatoms.